The smallest absolute Gasteiger partial charge is 0.248 e. The zero-order valence-corrected chi connectivity index (χ0v) is 7.08. The van der Waals surface area contributed by atoms with Gasteiger partial charge in [-0.2, -0.15) is 0 Å². The van der Waals surface area contributed by atoms with Crippen LogP contribution in [0.3, 0.4) is 0 Å². The molecular formula is C8H15F2N. The van der Waals surface area contributed by atoms with E-state index in [-0.39, 0.29) is 18.4 Å². The van der Waals surface area contributed by atoms with Crippen molar-refractivity contribution in [3.05, 3.63) is 0 Å². The van der Waals surface area contributed by atoms with Crippen LogP contribution in [0.1, 0.15) is 32.6 Å². The Kier molecular flexibility index (Phi) is 2.19. The fraction of sp³-hybridized carbons (Fsp3) is 1.00. The van der Waals surface area contributed by atoms with Crippen LogP contribution in [0.4, 0.5) is 8.78 Å². The van der Waals surface area contributed by atoms with Crippen LogP contribution in [0, 0.1) is 0 Å². The minimum Gasteiger partial charge on any atom is -0.315 e. The van der Waals surface area contributed by atoms with Crippen LogP contribution in [0.25, 0.3) is 0 Å². The molecule has 1 N–H and O–H groups in total. The van der Waals surface area contributed by atoms with Gasteiger partial charge in [0.15, 0.2) is 0 Å². The number of alkyl halides is 2. The molecule has 0 amide bonds. The number of hydrogen-bond donors (Lipinski definition) is 1. The molecule has 0 saturated heterocycles. The Morgan fingerprint density at radius 2 is 1.55 bits per heavy atom. The van der Waals surface area contributed by atoms with Gasteiger partial charge in [0, 0.05) is 18.4 Å². The maximum absolute atomic E-state index is 12.7. The summed E-state index contributed by atoms with van der Waals surface area (Å²) >= 11 is 0. The first-order valence-electron chi connectivity index (χ1n) is 4.04. The Hall–Kier alpha value is -0.180. The third-order valence-corrected chi connectivity index (χ3v) is 2.69. The Morgan fingerprint density at radius 3 is 1.91 bits per heavy atom. The zero-order chi connectivity index (χ0) is 8.54. The molecule has 66 valence electrons. The van der Waals surface area contributed by atoms with Crippen LogP contribution < -0.4 is 5.32 Å². The highest BCUT2D eigenvalue weighted by molar-refractivity contribution is 4.90. The lowest BCUT2D eigenvalue weighted by Gasteiger charge is -2.36. The molecule has 1 saturated carbocycles. The first-order valence-corrected chi connectivity index (χ1v) is 4.04. The molecule has 1 fully saturated rings. The largest absolute Gasteiger partial charge is 0.315 e. The summed E-state index contributed by atoms with van der Waals surface area (Å²) in [5.41, 5.74) is -0.0539. The second-order valence-corrected chi connectivity index (χ2v) is 3.67. The van der Waals surface area contributed by atoms with E-state index in [2.05, 4.69) is 5.32 Å². The molecular weight excluding hydrogens is 148 g/mol. The lowest BCUT2D eigenvalue weighted by Crippen LogP contribution is -2.45. The zero-order valence-electron chi connectivity index (χ0n) is 7.08. The van der Waals surface area contributed by atoms with Gasteiger partial charge < -0.3 is 5.32 Å². The molecule has 0 aromatic heterocycles. The molecule has 1 aliphatic carbocycles. The summed E-state index contributed by atoms with van der Waals surface area (Å²) in [4.78, 5) is 0. The van der Waals surface area contributed by atoms with Gasteiger partial charge in [-0.3, -0.25) is 0 Å². The first-order chi connectivity index (χ1) is 4.97. The summed E-state index contributed by atoms with van der Waals surface area (Å²) < 4.78 is 25.3. The van der Waals surface area contributed by atoms with E-state index in [4.69, 9.17) is 0 Å². The van der Waals surface area contributed by atoms with Crippen LogP contribution in [-0.2, 0) is 0 Å². The summed E-state index contributed by atoms with van der Waals surface area (Å²) in [5.74, 6) is -2.41. The van der Waals surface area contributed by atoms with E-state index in [0.717, 1.165) is 0 Å². The minimum atomic E-state index is -2.41. The maximum Gasteiger partial charge on any atom is 0.248 e. The van der Waals surface area contributed by atoms with Crippen molar-refractivity contribution in [2.45, 2.75) is 44.1 Å². The lowest BCUT2D eigenvalue weighted by molar-refractivity contribution is -0.0523. The third-order valence-electron chi connectivity index (χ3n) is 2.69. The highest BCUT2D eigenvalue weighted by Crippen LogP contribution is 2.37. The molecule has 0 radical (unpaired) electrons. The third kappa shape index (κ3) is 2.12. The van der Waals surface area contributed by atoms with Crippen molar-refractivity contribution in [3.63, 3.8) is 0 Å². The van der Waals surface area contributed by atoms with E-state index in [9.17, 15) is 8.78 Å². The van der Waals surface area contributed by atoms with Crippen molar-refractivity contribution in [1.82, 2.24) is 5.32 Å². The number of rotatable bonds is 1. The van der Waals surface area contributed by atoms with E-state index < -0.39 is 5.92 Å². The fourth-order valence-corrected chi connectivity index (χ4v) is 1.42. The lowest BCUT2D eigenvalue weighted by atomic mass is 9.81. The molecule has 0 bridgehead atoms. The van der Waals surface area contributed by atoms with E-state index >= 15 is 0 Å². The molecule has 1 rings (SSSR count). The SMILES string of the molecule is CNC1(C)CCC(F)(F)CC1. The molecule has 0 aromatic carbocycles. The Morgan fingerprint density at radius 1 is 1.09 bits per heavy atom. The fourth-order valence-electron chi connectivity index (χ4n) is 1.42. The van der Waals surface area contributed by atoms with Crippen molar-refractivity contribution in [2.24, 2.45) is 0 Å². The van der Waals surface area contributed by atoms with Crippen molar-refractivity contribution in [2.75, 3.05) is 7.05 Å². The van der Waals surface area contributed by atoms with Gasteiger partial charge in [0.1, 0.15) is 0 Å². The van der Waals surface area contributed by atoms with Gasteiger partial charge in [-0.05, 0) is 26.8 Å². The van der Waals surface area contributed by atoms with Gasteiger partial charge >= 0.3 is 0 Å². The number of halogens is 2. The van der Waals surface area contributed by atoms with Crippen molar-refractivity contribution in [1.29, 1.82) is 0 Å². The molecule has 0 unspecified atom stereocenters. The first kappa shape index (κ1) is 8.91. The molecule has 0 spiro atoms. The standard InChI is InChI=1S/C8H15F2N/c1-7(11-2)3-5-8(9,10)6-4-7/h11H,3-6H2,1-2H3. The highest BCUT2D eigenvalue weighted by Gasteiger charge is 2.39. The summed E-state index contributed by atoms with van der Waals surface area (Å²) in [6.07, 6.45) is 1.22. The molecule has 1 nitrogen and oxygen atoms in total. The average molecular weight is 163 g/mol. The van der Waals surface area contributed by atoms with Crippen LogP contribution in [0.5, 0.6) is 0 Å². The predicted octanol–water partition coefficient (Wildman–Crippen LogP) is 2.17. The normalized spacial score (nSPS) is 28.4. The molecule has 0 aromatic rings. The molecule has 1 aliphatic rings. The Bertz CT molecular complexity index is 135. The average Bonchev–Trinajstić information content (AvgIpc) is 1.97. The molecule has 0 heterocycles. The van der Waals surface area contributed by atoms with Gasteiger partial charge in [0.25, 0.3) is 0 Å². The van der Waals surface area contributed by atoms with Crippen LogP contribution in [-0.4, -0.2) is 18.5 Å². The van der Waals surface area contributed by atoms with Crippen molar-refractivity contribution >= 4 is 0 Å². The van der Waals surface area contributed by atoms with Gasteiger partial charge in [-0.15, -0.1) is 0 Å². The van der Waals surface area contributed by atoms with Crippen LogP contribution in [0.2, 0.25) is 0 Å². The van der Waals surface area contributed by atoms with E-state index in [0.29, 0.717) is 12.8 Å². The van der Waals surface area contributed by atoms with Crippen molar-refractivity contribution < 1.29 is 8.78 Å². The summed E-state index contributed by atoms with van der Waals surface area (Å²) in [5, 5.41) is 3.08. The summed E-state index contributed by atoms with van der Waals surface area (Å²) in [7, 11) is 1.84. The monoisotopic (exact) mass is 163 g/mol. The highest BCUT2D eigenvalue weighted by atomic mass is 19.3. The van der Waals surface area contributed by atoms with E-state index in [1.165, 1.54) is 0 Å². The summed E-state index contributed by atoms with van der Waals surface area (Å²) in [6.45, 7) is 2.00. The quantitative estimate of drug-likeness (QED) is 0.624. The van der Waals surface area contributed by atoms with Crippen molar-refractivity contribution in [3.8, 4) is 0 Å². The molecule has 0 atom stereocenters. The van der Waals surface area contributed by atoms with Crippen LogP contribution in [0.15, 0.2) is 0 Å². The maximum atomic E-state index is 12.7. The second-order valence-electron chi connectivity index (χ2n) is 3.67. The van der Waals surface area contributed by atoms with Crippen LogP contribution >= 0.6 is 0 Å². The van der Waals surface area contributed by atoms with Gasteiger partial charge in [-0.25, -0.2) is 8.78 Å². The van der Waals surface area contributed by atoms with E-state index in [1.54, 1.807) is 0 Å². The topological polar surface area (TPSA) is 12.0 Å². The second kappa shape index (κ2) is 2.70. The predicted molar refractivity (Wildman–Crippen MR) is 40.9 cm³/mol. The molecule has 0 aliphatic heterocycles. The van der Waals surface area contributed by atoms with Gasteiger partial charge in [0.2, 0.25) is 5.92 Å². The Balaban J connectivity index is 2.48. The molecule has 3 heteroatoms. The summed E-state index contributed by atoms with van der Waals surface area (Å²) in [6, 6.07) is 0. The van der Waals surface area contributed by atoms with Gasteiger partial charge in [0.05, 0.1) is 0 Å². The van der Waals surface area contributed by atoms with E-state index in [1.807, 2.05) is 14.0 Å². The number of hydrogen-bond acceptors (Lipinski definition) is 1. The minimum absolute atomic E-state index is 0.0321. The number of nitrogens with one attached hydrogen (secondary N) is 1. The molecule has 11 heavy (non-hydrogen) atoms. The Labute approximate surface area is 66.2 Å². The van der Waals surface area contributed by atoms with Gasteiger partial charge in [-0.1, -0.05) is 0 Å².